The Hall–Kier alpha value is -0.620. The molecule has 0 spiro atoms. The molecule has 0 bridgehead atoms. The van der Waals surface area contributed by atoms with Crippen LogP contribution in [0.3, 0.4) is 0 Å². The lowest BCUT2D eigenvalue weighted by Gasteiger charge is -1.94. The number of nitrogens with zero attached hydrogens (tertiary/aromatic N) is 2. The second kappa shape index (κ2) is 5.17. The van der Waals surface area contributed by atoms with E-state index in [1.54, 1.807) is 34.4 Å². The van der Waals surface area contributed by atoms with Crippen molar-refractivity contribution in [1.29, 1.82) is 0 Å². The average Bonchev–Trinajstić information content (AvgIpc) is 2.92. The third-order valence-corrected chi connectivity index (χ3v) is 6.33. The number of halogens is 1. The van der Waals surface area contributed by atoms with Gasteiger partial charge in [-0.15, -0.1) is 21.5 Å². The van der Waals surface area contributed by atoms with Crippen LogP contribution < -0.4 is 0 Å². The molecule has 2 heterocycles. The van der Waals surface area contributed by atoms with Crippen LogP contribution in [0.4, 0.5) is 0 Å². The zero-order valence-corrected chi connectivity index (χ0v) is 12.7. The lowest BCUT2D eigenvalue weighted by atomic mass is 10.2. The number of aryl methyl sites for hydroxylation is 1. The highest BCUT2D eigenvalue weighted by molar-refractivity contribution is 8.00. The van der Waals surface area contributed by atoms with E-state index in [0.29, 0.717) is 0 Å². The van der Waals surface area contributed by atoms with Gasteiger partial charge in [0.1, 0.15) is 5.01 Å². The highest BCUT2D eigenvalue weighted by Crippen LogP contribution is 2.38. The largest absolute Gasteiger partial charge is 0.174 e. The van der Waals surface area contributed by atoms with Crippen LogP contribution in [0, 0.1) is 6.92 Å². The number of fused-ring (bicyclic) bond motifs is 1. The molecule has 3 rings (SSSR count). The Kier molecular flexibility index (Phi) is 3.56. The number of rotatable bonds is 3. The standard InChI is InChI=1S/C12H9ClN2S3/c1-7-14-15-12(17-7)16-6-10-11(13)8-4-2-3-5-9(8)18-10/h2-5H,6H2,1H3. The second-order valence-electron chi connectivity index (χ2n) is 3.71. The average molecular weight is 313 g/mol. The van der Waals surface area contributed by atoms with Gasteiger partial charge in [0.15, 0.2) is 4.34 Å². The van der Waals surface area contributed by atoms with Crippen molar-refractivity contribution in [2.45, 2.75) is 17.0 Å². The van der Waals surface area contributed by atoms with Gasteiger partial charge in [0.05, 0.1) is 5.02 Å². The van der Waals surface area contributed by atoms with Gasteiger partial charge in [-0.05, 0) is 13.0 Å². The van der Waals surface area contributed by atoms with E-state index < -0.39 is 0 Å². The summed E-state index contributed by atoms with van der Waals surface area (Å²) in [6.07, 6.45) is 0. The number of thiophene rings is 1. The smallest absolute Gasteiger partial charge is 0.143 e. The molecule has 0 atom stereocenters. The van der Waals surface area contributed by atoms with Crippen molar-refractivity contribution in [3.05, 3.63) is 39.2 Å². The van der Waals surface area contributed by atoms with E-state index in [4.69, 9.17) is 11.6 Å². The molecule has 92 valence electrons. The maximum Gasteiger partial charge on any atom is 0.174 e. The molecule has 3 aromatic rings. The fourth-order valence-corrected chi connectivity index (χ4v) is 5.10. The van der Waals surface area contributed by atoms with Crippen molar-refractivity contribution >= 4 is 56.1 Å². The second-order valence-corrected chi connectivity index (χ2v) is 7.63. The van der Waals surface area contributed by atoms with Gasteiger partial charge in [0, 0.05) is 20.7 Å². The maximum absolute atomic E-state index is 6.39. The van der Waals surface area contributed by atoms with Gasteiger partial charge in [-0.2, -0.15) is 0 Å². The molecule has 6 heteroatoms. The summed E-state index contributed by atoms with van der Waals surface area (Å²) in [5.74, 6) is 0.854. The highest BCUT2D eigenvalue weighted by atomic mass is 35.5. The number of hydrogen-bond donors (Lipinski definition) is 0. The number of hydrogen-bond acceptors (Lipinski definition) is 5. The fourth-order valence-electron chi connectivity index (χ4n) is 1.62. The molecule has 0 N–H and O–H groups in total. The number of benzene rings is 1. The van der Waals surface area contributed by atoms with Gasteiger partial charge in [-0.1, -0.05) is 52.9 Å². The van der Waals surface area contributed by atoms with E-state index in [2.05, 4.69) is 22.3 Å². The predicted molar refractivity (Wildman–Crippen MR) is 81.0 cm³/mol. The summed E-state index contributed by atoms with van der Waals surface area (Å²) in [7, 11) is 0. The topological polar surface area (TPSA) is 25.8 Å². The van der Waals surface area contributed by atoms with Crippen LogP contribution in [0.2, 0.25) is 5.02 Å². The van der Waals surface area contributed by atoms with Crippen molar-refractivity contribution in [2.75, 3.05) is 0 Å². The van der Waals surface area contributed by atoms with Crippen LogP contribution in [0.15, 0.2) is 28.6 Å². The van der Waals surface area contributed by atoms with Crippen molar-refractivity contribution in [2.24, 2.45) is 0 Å². The Morgan fingerprint density at radius 1 is 1.22 bits per heavy atom. The Morgan fingerprint density at radius 2 is 2.06 bits per heavy atom. The summed E-state index contributed by atoms with van der Waals surface area (Å²) in [5.41, 5.74) is 0. The zero-order chi connectivity index (χ0) is 12.5. The summed E-state index contributed by atoms with van der Waals surface area (Å²) >= 11 is 11.5. The normalized spacial score (nSPS) is 11.2. The first-order chi connectivity index (χ1) is 8.74. The SMILES string of the molecule is Cc1nnc(SCc2sc3ccccc3c2Cl)s1. The van der Waals surface area contributed by atoms with E-state index in [0.717, 1.165) is 25.5 Å². The quantitative estimate of drug-likeness (QED) is 0.636. The summed E-state index contributed by atoms with van der Waals surface area (Å²) in [4.78, 5) is 1.20. The van der Waals surface area contributed by atoms with Crippen LogP contribution in [-0.2, 0) is 5.75 Å². The molecule has 0 aliphatic heterocycles. The highest BCUT2D eigenvalue weighted by Gasteiger charge is 2.11. The molecule has 0 radical (unpaired) electrons. The monoisotopic (exact) mass is 312 g/mol. The van der Waals surface area contributed by atoms with Gasteiger partial charge in [-0.25, -0.2) is 0 Å². The zero-order valence-electron chi connectivity index (χ0n) is 9.51. The molecule has 2 aromatic heterocycles. The van der Waals surface area contributed by atoms with Crippen molar-refractivity contribution in [1.82, 2.24) is 10.2 Å². The molecule has 0 saturated carbocycles. The maximum atomic E-state index is 6.39. The summed E-state index contributed by atoms with van der Waals surface area (Å²) in [6.45, 7) is 1.97. The minimum absolute atomic E-state index is 0.854. The van der Waals surface area contributed by atoms with Gasteiger partial charge in [0.2, 0.25) is 0 Å². The Balaban J connectivity index is 1.84. The molecule has 0 unspecified atom stereocenters. The van der Waals surface area contributed by atoms with E-state index >= 15 is 0 Å². The van der Waals surface area contributed by atoms with Crippen LogP contribution in [-0.4, -0.2) is 10.2 Å². The number of aromatic nitrogens is 2. The van der Waals surface area contributed by atoms with Crippen LogP contribution in [0.5, 0.6) is 0 Å². The fraction of sp³-hybridized carbons (Fsp3) is 0.167. The summed E-state index contributed by atoms with van der Waals surface area (Å²) in [6, 6.07) is 8.23. The molecule has 0 fully saturated rings. The third kappa shape index (κ3) is 2.40. The van der Waals surface area contributed by atoms with Crippen LogP contribution in [0.1, 0.15) is 9.88 Å². The molecular formula is C12H9ClN2S3. The predicted octanol–water partition coefficient (Wildman–Crippen LogP) is 5.01. The Morgan fingerprint density at radius 3 is 2.78 bits per heavy atom. The lowest BCUT2D eigenvalue weighted by molar-refractivity contribution is 0.984. The van der Waals surface area contributed by atoms with E-state index in [1.807, 2.05) is 19.1 Å². The van der Waals surface area contributed by atoms with E-state index in [1.165, 1.54) is 9.58 Å². The molecule has 1 aromatic carbocycles. The van der Waals surface area contributed by atoms with Crippen LogP contribution >= 0.6 is 46.0 Å². The lowest BCUT2D eigenvalue weighted by Crippen LogP contribution is -1.75. The minimum atomic E-state index is 0.854. The van der Waals surface area contributed by atoms with Crippen molar-refractivity contribution < 1.29 is 0 Å². The van der Waals surface area contributed by atoms with Crippen molar-refractivity contribution in [3.63, 3.8) is 0 Å². The molecule has 18 heavy (non-hydrogen) atoms. The van der Waals surface area contributed by atoms with Crippen molar-refractivity contribution in [3.8, 4) is 0 Å². The molecule has 0 aliphatic rings. The first-order valence-electron chi connectivity index (χ1n) is 5.33. The summed E-state index contributed by atoms with van der Waals surface area (Å²) < 4.78 is 2.24. The summed E-state index contributed by atoms with van der Waals surface area (Å²) in [5, 5.41) is 11.1. The Labute approximate surface area is 122 Å². The first-order valence-corrected chi connectivity index (χ1v) is 8.32. The minimum Gasteiger partial charge on any atom is -0.143 e. The van der Waals surface area contributed by atoms with Gasteiger partial charge in [-0.3, -0.25) is 0 Å². The Bertz CT molecular complexity index is 690. The first kappa shape index (κ1) is 12.4. The molecule has 0 saturated heterocycles. The van der Waals surface area contributed by atoms with Crippen LogP contribution in [0.25, 0.3) is 10.1 Å². The van der Waals surface area contributed by atoms with E-state index in [-0.39, 0.29) is 0 Å². The van der Waals surface area contributed by atoms with Gasteiger partial charge in [0.25, 0.3) is 0 Å². The molecule has 2 nitrogen and oxygen atoms in total. The van der Waals surface area contributed by atoms with Gasteiger partial charge < -0.3 is 0 Å². The third-order valence-electron chi connectivity index (χ3n) is 2.44. The number of thioether (sulfide) groups is 1. The molecule has 0 amide bonds. The van der Waals surface area contributed by atoms with E-state index in [9.17, 15) is 0 Å². The van der Waals surface area contributed by atoms with Gasteiger partial charge >= 0.3 is 0 Å². The molecular weight excluding hydrogens is 304 g/mol. The molecule has 0 aliphatic carbocycles.